The molecule has 1 aliphatic rings. The molecule has 4 rings (SSSR count). The Hall–Kier alpha value is -2.83. The van der Waals surface area contributed by atoms with E-state index in [4.69, 9.17) is 9.47 Å². The monoisotopic (exact) mass is 520 g/mol. The number of nitrogens with zero attached hydrogens (tertiary/aromatic N) is 3. The molecule has 9 nitrogen and oxygen atoms in total. The van der Waals surface area contributed by atoms with Crippen LogP contribution in [0.1, 0.15) is 19.4 Å². The predicted octanol–water partition coefficient (Wildman–Crippen LogP) is 3.95. The minimum atomic E-state index is -3.98. The zero-order valence-electron chi connectivity index (χ0n) is 19.0. The van der Waals surface area contributed by atoms with Crippen molar-refractivity contribution in [2.45, 2.75) is 41.4 Å². The van der Waals surface area contributed by atoms with Gasteiger partial charge in [0.15, 0.2) is 10.4 Å². The zero-order chi connectivity index (χ0) is 24.5. The maximum Gasteiger partial charge on any atom is 0.269 e. The smallest absolute Gasteiger partial charge is 0.269 e. The maximum atomic E-state index is 13.6. The van der Waals surface area contributed by atoms with Crippen molar-refractivity contribution in [1.82, 2.24) is 10.2 Å². The lowest BCUT2D eigenvalue weighted by molar-refractivity contribution is -0.122. The quantitative estimate of drug-likeness (QED) is 0.368. The molecule has 0 saturated heterocycles. The van der Waals surface area contributed by atoms with Gasteiger partial charge in [0.05, 0.1) is 24.2 Å². The number of sulfonamides is 1. The van der Waals surface area contributed by atoms with Gasteiger partial charge in [-0.05, 0) is 48.9 Å². The number of aromatic nitrogens is 2. The molecular weight excluding hydrogens is 496 g/mol. The highest BCUT2D eigenvalue weighted by Crippen LogP contribution is 2.38. The molecule has 0 radical (unpaired) electrons. The number of hydrogen-bond acceptors (Lipinski definition) is 9. The summed E-state index contributed by atoms with van der Waals surface area (Å²) in [6.45, 7) is 5.75. The summed E-state index contributed by atoms with van der Waals surface area (Å²) in [6.07, 6.45) is -1.08. The van der Waals surface area contributed by atoms with Gasteiger partial charge in [0.1, 0.15) is 11.5 Å². The molecular formula is C22H24N4O5S3. The van der Waals surface area contributed by atoms with Gasteiger partial charge in [-0.2, -0.15) is 0 Å². The highest BCUT2D eigenvalue weighted by atomic mass is 32.2. The Balaban J connectivity index is 1.62. The Morgan fingerprint density at radius 3 is 2.65 bits per heavy atom. The number of carbonyl (C=O) groups excluding carboxylic acids is 1. The summed E-state index contributed by atoms with van der Waals surface area (Å²) in [5.41, 5.74) is 1.25. The van der Waals surface area contributed by atoms with Crippen LogP contribution >= 0.6 is 23.1 Å². The van der Waals surface area contributed by atoms with Gasteiger partial charge in [0.25, 0.3) is 15.9 Å². The van der Waals surface area contributed by atoms with Crippen LogP contribution in [0.25, 0.3) is 0 Å². The van der Waals surface area contributed by atoms with Crippen LogP contribution in [0.2, 0.25) is 0 Å². The van der Waals surface area contributed by atoms with Gasteiger partial charge in [-0.15, -0.1) is 10.2 Å². The van der Waals surface area contributed by atoms with Crippen LogP contribution in [0.3, 0.4) is 0 Å². The average molecular weight is 521 g/mol. The van der Waals surface area contributed by atoms with Crippen molar-refractivity contribution in [2.75, 3.05) is 23.3 Å². The van der Waals surface area contributed by atoms with Crippen molar-refractivity contribution in [3.05, 3.63) is 48.0 Å². The van der Waals surface area contributed by atoms with Gasteiger partial charge in [-0.1, -0.05) is 43.0 Å². The Bertz CT molecular complexity index is 1290. The van der Waals surface area contributed by atoms with Crippen LogP contribution in [0, 0.1) is 6.92 Å². The molecule has 0 saturated carbocycles. The van der Waals surface area contributed by atoms with E-state index in [0.717, 1.165) is 9.90 Å². The fourth-order valence-electron chi connectivity index (χ4n) is 3.30. The highest BCUT2D eigenvalue weighted by Gasteiger charge is 2.38. The van der Waals surface area contributed by atoms with E-state index in [2.05, 4.69) is 15.5 Å². The lowest BCUT2D eigenvalue weighted by Crippen LogP contribution is -2.48. The molecule has 2 heterocycles. The third-order valence-electron chi connectivity index (χ3n) is 4.90. The van der Waals surface area contributed by atoms with E-state index < -0.39 is 22.0 Å². The van der Waals surface area contributed by atoms with Crippen molar-refractivity contribution < 1.29 is 22.7 Å². The first kappa shape index (κ1) is 24.3. The number of thioether (sulfide) groups is 1. The first-order valence-corrected chi connectivity index (χ1v) is 13.6. The van der Waals surface area contributed by atoms with Crippen LogP contribution in [0.5, 0.6) is 11.5 Å². The van der Waals surface area contributed by atoms with Gasteiger partial charge in [0.2, 0.25) is 5.13 Å². The fraction of sp³-hybridized carbons (Fsp3) is 0.318. The number of ether oxygens (including phenoxy) is 2. The molecule has 12 heteroatoms. The molecule has 0 fully saturated rings. The second kappa shape index (κ2) is 9.80. The minimum Gasteiger partial charge on any atom is -0.497 e. The van der Waals surface area contributed by atoms with Gasteiger partial charge in [-0.3, -0.25) is 14.4 Å². The first-order valence-electron chi connectivity index (χ1n) is 10.4. The Morgan fingerprint density at radius 2 is 1.97 bits per heavy atom. The molecule has 3 aromatic rings. The van der Waals surface area contributed by atoms with E-state index >= 15 is 0 Å². The van der Waals surface area contributed by atoms with Crippen molar-refractivity contribution >= 4 is 49.8 Å². The molecule has 0 spiro atoms. The average Bonchev–Trinajstić information content (AvgIpc) is 3.24. The minimum absolute atomic E-state index is 0.0845. The van der Waals surface area contributed by atoms with Crippen molar-refractivity contribution in [1.29, 1.82) is 0 Å². The summed E-state index contributed by atoms with van der Waals surface area (Å²) < 4.78 is 40.1. The largest absolute Gasteiger partial charge is 0.497 e. The number of fused-ring (bicyclic) bond motifs is 1. The Kier molecular flexibility index (Phi) is 7.01. The van der Waals surface area contributed by atoms with E-state index in [1.807, 2.05) is 20.8 Å². The highest BCUT2D eigenvalue weighted by molar-refractivity contribution is 8.01. The van der Waals surface area contributed by atoms with Gasteiger partial charge in [0, 0.05) is 5.25 Å². The fourth-order valence-corrected chi connectivity index (χ4v) is 6.74. The molecule has 1 aromatic heterocycles. The number of methoxy groups -OCH3 is 1. The molecule has 180 valence electrons. The number of carbonyl (C=O) groups is 1. The molecule has 0 unspecified atom stereocenters. The van der Waals surface area contributed by atoms with Crippen molar-refractivity contribution in [3.8, 4) is 11.5 Å². The molecule has 1 aliphatic heterocycles. The molecule has 2 aromatic carbocycles. The molecule has 1 atom stereocenters. The van der Waals surface area contributed by atoms with Crippen LogP contribution in [-0.2, 0) is 14.8 Å². The topological polar surface area (TPSA) is 111 Å². The lowest BCUT2D eigenvalue weighted by Gasteiger charge is -2.34. The van der Waals surface area contributed by atoms with Gasteiger partial charge >= 0.3 is 0 Å². The number of amides is 1. The molecule has 1 amide bonds. The number of nitrogens with one attached hydrogen (secondary N) is 1. The van der Waals surface area contributed by atoms with Crippen LogP contribution in [0.4, 0.5) is 10.8 Å². The van der Waals surface area contributed by atoms with E-state index in [-0.39, 0.29) is 11.4 Å². The van der Waals surface area contributed by atoms with Crippen LogP contribution < -0.4 is 19.1 Å². The third kappa shape index (κ3) is 5.13. The van der Waals surface area contributed by atoms with E-state index in [1.54, 1.807) is 42.1 Å². The first-order chi connectivity index (χ1) is 16.2. The number of benzene rings is 2. The standard InChI is InChI=1S/C22H24N4O5S3/c1-13(2)32-22-25-24-21(33-22)23-20(27)19-12-26(17-11-14(3)5-10-18(17)31-19)34(28,29)16-8-6-15(30-4)7-9-16/h5-11,13,19H,12H2,1-4H3,(H,23,24,27)/t19-/m0/s1. The molecule has 34 heavy (non-hydrogen) atoms. The van der Waals surface area contributed by atoms with Gasteiger partial charge < -0.3 is 9.47 Å². The summed E-state index contributed by atoms with van der Waals surface area (Å²) in [5, 5.41) is 11.4. The van der Waals surface area contributed by atoms with Crippen LogP contribution in [0.15, 0.2) is 51.7 Å². The molecule has 0 aliphatic carbocycles. The summed E-state index contributed by atoms with van der Waals surface area (Å²) in [4.78, 5) is 13.1. The zero-order valence-corrected chi connectivity index (χ0v) is 21.5. The normalized spacial score (nSPS) is 15.6. The van der Waals surface area contributed by atoms with Crippen LogP contribution in [-0.4, -0.2) is 49.5 Å². The SMILES string of the molecule is COc1ccc(S(=O)(=O)N2C[C@@H](C(=O)Nc3nnc(SC(C)C)s3)Oc3ccc(C)cc32)cc1. The number of rotatable bonds is 7. The molecule has 0 bridgehead atoms. The summed E-state index contributed by atoms with van der Waals surface area (Å²) in [7, 11) is -2.47. The van der Waals surface area contributed by atoms with E-state index in [9.17, 15) is 13.2 Å². The maximum absolute atomic E-state index is 13.6. The summed E-state index contributed by atoms with van der Waals surface area (Å²) >= 11 is 2.80. The number of aryl methyl sites for hydroxylation is 1. The van der Waals surface area contributed by atoms with E-state index in [1.165, 1.54) is 34.9 Å². The lowest BCUT2D eigenvalue weighted by atomic mass is 10.1. The number of anilines is 2. The predicted molar refractivity (Wildman–Crippen MR) is 133 cm³/mol. The van der Waals surface area contributed by atoms with Crippen molar-refractivity contribution in [2.24, 2.45) is 0 Å². The second-order valence-corrected chi connectivity index (χ2v) is 12.5. The Labute approximate surface area is 206 Å². The number of hydrogen-bond donors (Lipinski definition) is 1. The summed E-state index contributed by atoms with van der Waals surface area (Å²) in [6, 6.07) is 11.3. The molecule has 1 N–H and O–H groups in total. The van der Waals surface area contributed by atoms with E-state index in [0.29, 0.717) is 27.6 Å². The van der Waals surface area contributed by atoms with Crippen molar-refractivity contribution in [3.63, 3.8) is 0 Å². The third-order valence-corrected chi connectivity index (χ3v) is 8.62. The second-order valence-electron chi connectivity index (χ2n) is 7.82. The summed E-state index contributed by atoms with van der Waals surface area (Å²) in [5.74, 6) is 0.349. The Morgan fingerprint density at radius 1 is 1.24 bits per heavy atom. The van der Waals surface area contributed by atoms with Gasteiger partial charge in [-0.25, -0.2) is 8.42 Å².